The van der Waals surface area contributed by atoms with Crippen LogP contribution in [0.4, 0.5) is 0 Å². The van der Waals surface area contributed by atoms with Crippen LogP contribution in [0.25, 0.3) is 0 Å². The first-order chi connectivity index (χ1) is 8.70. The van der Waals surface area contributed by atoms with E-state index in [1.54, 1.807) is 0 Å². The molecule has 18 heavy (non-hydrogen) atoms. The van der Waals surface area contributed by atoms with E-state index in [1.807, 2.05) is 11.3 Å². The lowest BCUT2D eigenvalue weighted by molar-refractivity contribution is 0.370. The number of hydrogen-bond acceptors (Lipinski definition) is 2. The Labute approximate surface area is 123 Å². The van der Waals surface area contributed by atoms with Crippen molar-refractivity contribution in [3.05, 3.63) is 20.3 Å². The quantitative estimate of drug-likeness (QED) is 0.725. The van der Waals surface area contributed by atoms with Crippen molar-refractivity contribution in [1.82, 2.24) is 5.32 Å². The predicted molar refractivity (Wildman–Crippen MR) is 84.4 cm³/mol. The van der Waals surface area contributed by atoms with E-state index in [1.165, 1.54) is 59.2 Å². The van der Waals surface area contributed by atoms with Gasteiger partial charge in [-0.25, -0.2) is 0 Å². The van der Waals surface area contributed by atoms with Crippen LogP contribution in [0.15, 0.2) is 10.5 Å². The second-order valence-corrected chi connectivity index (χ2v) is 7.65. The topological polar surface area (TPSA) is 12.0 Å². The smallest absolute Gasteiger partial charge is 0.0426 e. The molecule has 0 amide bonds. The summed E-state index contributed by atoms with van der Waals surface area (Å²) in [4.78, 5) is 2.89. The van der Waals surface area contributed by atoms with Gasteiger partial charge in [0.1, 0.15) is 0 Å². The number of rotatable bonds is 4. The standard InChI is InChI=1S/C15H24BrNS/c1-11-9-13(16)15(18-11)14(17-2)10-12-7-5-3-4-6-8-12/h9,12,14,17H,3-8,10H2,1-2H3. The van der Waals surface area contributed by atoms with Gasteiger partial charge in [-0.15, -0.1) is 11.3 Å². The molecule has 1 saturated carbocycles. The Kier molecular flexibility index (Phi) is 5.71. The van der Waals surface area contributed by atoms with Gasteiger partial charge in [0.2, 0.25) is 0 Å². The molecule has 1 aliphatic rings. The van der Waals surface area contributed by atoms with Gasteiger partial charge in [0.25, 0.3) is 0 Å². The van der Waals surface area contributed by atoms with Gasteiger partial charge in [0, 0.05) is 20.3 Å². The number of nitrogens with one attached hydrogen (secondary N) is 1. The van der Waals surface area contributed by atoms with Crippen molar-refractivity contribution < 1.29 is 0 Å². The van der Waals surface area contributed by atoms with Crippen molar-refractivity contribution in [3.8, 4) is 0 Å². The van der Waals surface area contributed by atoms with Gasteiger partial charge < -0.3 is 5.32 Å². The molecule has 1 N–H and O–H groups in total. The number of halogens is 1. The lowest BCUT2D eigenvalue weighted by Crippen LogP contribution is -2.19. The molecule has 1 aromatic heterocycles. The molecule has 1 aliphatic carbocycles. The summed E-state index contributed by atoms with van der Waals surface area (Å²) in [6, 6.07) is 2.78. The summed E-state index contributed by atoms with van der Waals surface area (Å²) in [5.74, 6) is 0.916. The molecule has 1 nitrogen and oxygen atoms in total. The SMILES string of the molecule is CNC(CC1CCCCCC1)c1sc(C)cc1Br. The van der Waals surface area contributed by atoms with Crippen molar-refractivity contribution in [2.45, 2.75) is 57.9 Å². The third-order valence-corrected chi connectivity index (χ3v) is 6.13. The normalized spacial score (nSPS) is 19.7. The number of aryl methyl sites for hydroxylation is 1. The molecule has 0 aliphatic heterocycles. The van der Waals surface area contributed by atoms with Crippen LogP contribution in [0, 0.1) is 12.8 Å². The third-order valence-electron chi connectivity index (χ3n) is 4.05. The Hall–Kier alpha value is 0.140. The van der Waals surface area contributed by atoms with Crippen LogP contribution >= 0.6 is 27.3 Å². The van der Waals surface area contributed by atoms with E-state index < -0.39 is 0 Å². The van der Waals surface area contributed by atoms with Crippen LogP contribution in [0.5, 0.6) is 0 Å². The Bertz CT molecular complexity index is 367. The van der Waals surface area contributed by atoms with Gasteiger partial charge in [-0.3, -0.25) is 0 Å². The zero-order valence-electron chi connectivity index (χ0n) is 11.5. The molecule has 1 unspecified atom stereocenters. The highest BCUT2D eigenvalue weighted by Gasteiger charge is 2.21. The third kappa shape index (κ3) is 3.82. The fourth-order valence-electron chi connectivity index (χ4n) is 3.03. The predicted octanol–water partition coefficient (Wildman–Crippen LogP) is 5.44. The van der Waals surface area contributed by atoms with E-state index >= 15 is 0 Å². The molecule has 1 aromatic rings. The van der Waals surface area contributed by atoms with E-state index in [0.29, 0.717) is 6.04 Å². The molecule has 2 rings (SSSR count). The summed E-state index contributed by atoms with van der Waals surface area (Å²) < 4.78 is 1.29. The molecular weight excluding hydrogens is 306 g/mol. The summed E-state index contributed by atoms with van der Waals surface area (Å²) in [6.07, 6.45) is 9.93. The van der Waals surface area contributed by atoms with Gasteiger partial charge in [-0.2, -0.15) is 0 Å². The van der Waals surface area contributed by atoms with Crippen molar-refractivity contribution in [3.63, 3.8) is 0 Å². The first kappa shape index (κ1) is 14.5. The Balaban J connectivity index is 2.02. The largest absolute Gasteiger partial charge is 0.312 e. The summed E-state index contributed by atoms with van der Waals surface area (Å²) >= 11 is 5.64. The van der Waals surface area contributed by atoms with Gasteiger partial charge in [0.15, 0.2) is 0 Å². The molecule has 3 heteroatoms. The molecule has 1 fully saturated rings. The van der Waals surface area contributed by atoms with E-state index in [9.17, 15) is 0 Å². The molecular formula is C15H24BrNS. The van der Waals surface area contributed by atoms with Crippen LogP contribution in [0.1, 0.15) is 60.7 Å². The average molecular weight is 330 g/mol. The highest BCUT2D eigenvalue weighted by molar-refractivity contribution is 9.10. The fraction of sp³-hybridized carbons (Fsp3) is 0.733. The summed E-state index contributed by atoms with van der Waals surface area (Å²) in [5.41, 5.74) is 0. The van der Waals surface area contributed by atoms with Crippen molar-refractivity contribution in [2.24, 2.45) is 5.92 Å². The summed E-state index contributed by atoms with van der Waals surface area (Å²) in [7, 11) is 2.10. The van der Waals surface area contributed by atoms with Crippen LogP contribution in [0.2, 0.25) is 0 Å². The Morgan fingerprint density at radius 2 is 2.00 bits per heavy atom. The van der Waals surface area contributed by atoms with Crippen molar-refractivity contribution >= 4 is 27.3 Å². The minimum atomic E-state index is 0.529. The van der Waals surface area contributed by atoms with Gasteiger partial charge in [-0.1, -0.05) is 38.5 Å². The van der Waals surface area contributed by atoms with Crippen molar-refractivity contribution in [1.29, 1.82) is 0 Å². The minimum absolute atomic E-state index is 0.529. The Morgan fingerprint density at radius 3 is 2.50 bits per heavy atom. The van der Waals surface area contributed by atoms with Crippen molar-refractivity contribution in [2.75, 3.05) is 7.05 Å². The molecule has 1 atom stereocenters. The second kappa shape index (κ2) is 7.06. The molecule has 0 aromatic carbocycles. The first-order valence-corrected chi connectivity index (χ1v) is 8.74. The van der Waals surface area contributed by atoms with E-state index in [2.05, 4.69) is 41.3 Å². The average Bonchev–Trinajstić information content (AvgIpc) is 2.57. The zero-order chi connectivity index (χ0) is 13.0. The molecule has 0 spiro atoms. The maximum Gasteiger partial charge on any atom is 0.0426 e. The second-order valence-electron chi connectivity index (χ2n) is 5.50. The minimum Gasteiger partial charge on any atom is -0.312 e. The molecule has 0 radical (unpaired) electrons. The maximum absolute atomic E-state index is 3.71. The molecule has 102 valence electrons. The van der Waals surface area contributed by atoms with Crippen LogP contribution in [0.3, 0.4) is 0 Å². The highest BCUT2D eigenvalue weighted by Crippen LogP contribution is 2.37. The van der Waals surface area contributed by atoms with Gasteiger partial charge in [-0.05, 0) is 48.3 Å². The monoisotopic (exact) mass is 329 g/mol. The highest BCUT2D eigenvalue weighted by atomic mass is 79.9. The van der Waals surface area contributed by atoms with Crippen LogP contribution in [-0.4, -0.2) is 7.05 Å². The molecule has 1 heterocycles. The zero-order valence-corrected chi connectivity index (χ0v) is 13.9. The fourth-order valence-corrected chi connectivity index (χ4v) is 5.08. The summed E-state index contributed by atoms with van der Waals surface area (Å²) in [5, 5.41) is 3.52. The summed E-state index contributed by atoms with van der Waals surface area (Å²) in [6.45, 7) is 2.19. The first-order valence-electron chi connectivity index (χ1n) is 7.13. The van der Waals surface area contributed by atoms with Gasteiger partial charge in [0.05, 0.1) is 0 Å². The van der Waals surface area contributed by atoms with E-state index in [-0.39, 0.29) is 0 Å². The van der Waals surface area contributed by atoms with Crippen LogP contribution in [-0.2, 0) is 0 Å². The number of thiophene rings is 1. The number of hydrogen-bond donors (Lipinski definition) is 1. The Morgan fingerprint density at radius 1 is 1.33 bits per heavy atom. The van der Waals surface area contributed by atoms with Crippen LogP contribution < -0.4 is 5.32 Å². The maximum atomic E-state index is 3.71. The van der Waals surface area contributed by atoms with E-state index in [0.717, 1.165) is 5.92 Å². The lowest BCUT2D eigenvalue weighted by atomic mass is 9.92. The molecule has 0 bridgehead atoms. The van der Waals surface area contributed by atoms with E-state index in [4.69, 9.17) is 0 Å². The van der Waals surface area contributed by atoms with Gasteiger partial charge >= 0.3 is 0 Å². The molecule has 0 saturated heterocycles. The lowest BCUT2D eigenvalue weighted by Gasteiger charge is -2.22.